The van der Waals surface area contributed by atoms with Gasteiger partial charge in [0.2, 0.25) is 11.8 Å². The molecule has 45 heavy (non-hydrogen) atoms. The third-order valence-electron chi connectivity index (χ3n) is 5.97. The van der Waals surface area contributed by atoms with Crippen LogP contribution in [0.4, 0.5) is 0 Å². The first-order valence-electron chi connectivity index (χ1n) is 13.0. The fraction of sp³-hybridized carbons (Fsp3) is 0.346. The molecule has 242 valence electrons. The summed E-state index contributed by atoms with van der Waals surface area (Å²) in [6.45, 7) is 1.83. The molecule has 0 aromatic carbocycles. The number of esters is 1. The number of hydrogen-bond acceptors (Lipinski definition) is 14. The molecule has 1 unspecified atom stereocenters. The zero-order valence-corrected chi connectivity index (χ0v) is 26.3. The Hall–Kier alpha value is -4.51. The fourth-order valence-electron chi connectivity index (χ4n) is 3.50. The smallest absolute Gasteiger partial charge is 0.443 e. The second-order valence-corrected chi connectivity index (χ2v) is 14.5. The highest BCUT2D eigenvalue weighted by molar-refractivity contribution is 8.55. The molecule has 19 heteroatoms. The molecule has 0 fully saturated rings. The van der Waals surface area contributed by atoms with Crippen molar-refractivity contribution in [3.8, 4) is 23.3 Å². The number of nitrogens with zero attached hydrogens (tertiary/aromatic N) is 2. The number of carbonyl (C=O) groups is 1. The van der Waals surface area contributed by atoms with Crippen LogP contribution < -0.4 is 27.0 Å². The van der Waals surface area contributed by atoms with E-state index in [-0.39, 0.29) is 40.2 Å². The largest absolute Gasteiger partial charge is 0.504 e. The molecular weight excluding hydrogens is 639 g/mol. The summed E-state index contributed by atoms with van der Waals surface area (Å²) in [5.74, 6) is -2.90. The third-order valence-corrected chi connectivity index (χ3v) is 9.18. The fourth-order valence-corrected chi connectivity index (χ4v) is 5.97. The van der Waals surface area contributed by atoms with Gasteiger partial charge in [-0.2, -0.15) is 0 Å². The maximum Gasteiger partial charge on any atom is 0.443 e. The van der Waals surface area contributed by atoms with Crippen molar-refractivity contribution in [3.63, 3.8) is 0 Å². The van der Waals surface area contributed by atoms with E-state index < -0.39 is 65.6 Å². The lowest BCUT2D eigenvalue weighted by Crippen LogP contribution is -2.29. The minimum absolute atomic E-state index is 0.168. The monoisotopic (exact) mass is 668 g/mol. The Balaban J connectivity index is 1.64. The van der Waals surface area contributed by atoms with E-state index in [0.29, 0.717) is 11.4 Å². The van der Waals surface area contributed by atoms with Crippen molar-refractivity contribution < 1.29 is 42.2 Å². The molecule has 0 aliphatic rings. The molecule has 0 spiro atoms. The van der Waals surface area contributed by atoms with Crippen LogP contribution in [0.1, 0.15) is 43.4 Å². The molecule has 0 saturated carbocycles. The molecule has 17 nitrogen and oxygen atoms in total. The van der Waals surface area contributed by atoms with Crippen LogP contribution in [0.25, 0.3) is 11.8 Å². The van der Waals surface area contributed by atoms with Gasteiger partial charge in [-0.25, -0.2) is 23.3 Å². The van der Waals surface area contributed by atoms with E-state index in [1.807, 2.05) is 0 Å². The van der Waals surface area contributed by atoms with E-state index in [4.69, 9.17) is 22.6 Å². The van der Waals surface area contributed by atoms with E-state index in [9.17, 15) is 38.8 Å². The van der Waals surface area contributed by atoms with Gasteiger partial charge in [0.15, 0.2) is 23.0 Å². The Morgan fingerprint density at radius 2 is 1.49 bits per heavy atom. The number of ether oxygens (including phenoxy) is 1. The van der Waals surface area contributed by atoms with Gasteiger partial charge >= 0.3 is 24.1 Å². The number of nitrogens with one attached hydrogen (secondary N) is 2. The summed E-state index contributed by atoms with van der Waals surface area (Å²) in [6, 6.07) is 2.19. The van der Waals surface area contributed by atoms with Crippen molar-refractivity contribution in [2.75, 3.05) is 5.94 Å². The number of H-pyrrole nitrogens is 2. The number of aryl methyl sites for hydroxylation is 2. The number of aliphatic hydroxyl groups is 1. The predicted molar refractivity (Wildman–Crippen MR) is 158 cm³/mol. The Kier molecular flexibility index (Phi) is 9.53. The third kappa shape index (κ3) is 7.59. The molecule has 1 atom stereocenters. The second kappa shape index (κ2) is 12.8. The van der Waals surface area contributed by atoms with E-state index in [1.165, 1.54) is 26.2 Å². The number of aromatic hydroxyl groups is 1. The van der Waals surface area contributed by atoms with Crippen molar-refractivity contribution in [2.45, 2.75) is 47.8 Å². The zero-order chi connectivity index (χ0) is 33.3. The lowest BCUT2D eigenvalue weighted by atomic mass is 9.98. The van der Waals surface area contributed by atoms with Crippen LogP contribution in [0.15, 0.2) is 52.5 Å². The normalized spacial score (nSPS) is 13.0. The van der Waals surface area contributed by atoms with Crippen molar-refractivity contribution >= 4 is 24.1 Å². The first-order valence-corrected chi connectivity index (χ1v) is 16.1. The first-order chi connectivity index (χ1) is 21.0. The molecule has 4 heterocycles. The van der Waals surface area contributed by atoms with Gasteiger partial charge < -0.3 is 28.3 Å². The van der Waals surface area contributed by atoms with Crippen LogP contribution in [0.2, 0.25) is 0 Å². The number of furan rings is 2. The Morgan fingerprint density at radius 3 is 2.02 bits per heavy atom. The molecule has 4 aromatic heterocycles. The van der Waals surface area contributed by atoms with Crippen molar-refractivity contribution in [1.29, 1.82) is 0 Å². The van der Waals surface area contributed by atoms with E-state index in [0.717, 1.165) is 21.3 Å². The van der Waals surface area contributed by atoms with Crippen LogP contribution in [0.3, 0.4) is 0 Å². The van der Waals surface area contributed by atoms with Crippen molar-refractivity contribution in [2.24, 2.45) is 5.41 Å². The molecule has 4 N–H and O–H groups in total. The van der Waals surface area contributed by atoms with Gasteiger partial charge in [-0.05, 0) is 34.6 Å². The van der Waals surface area contributed by atoms with E-state index >= 15 is 0 Å². The topological polar surface area (TPSA) is 238 Å². The van der Waals surface area contributed by atoms with E-state index in [1.54, 1.807) is 20.8 Å². The van der Waals surface area contributed by atoms with Gasteiger partial charge in [0.1, 0.15) is 19.2 Å². The second-order valence-electron chi connectivity index (χ2n) is 10.5. The Bertz CT molecular complexity index is 2030. The molecule has 0 radical (unpaired) electrons. The lowest BCUT2D eigenvalue weighted by Gasteiger charge is -2.20. The van der Waals surface area contributed by atoms with Gasteiger partial charge in [0, 0.05) is 47.0 Å². The van der Waals surface area contributed by atoms with Crippen LogP contribution in [0, 0.1) is 19.3 Å². The highest BCUT2D eigenvalue weighted by Crippen LogP contribution is 2.61. The maximum absolute atomic E-state index is 14.0. The van der Waals surface area contributed by atoms with Crippen molar-refractivity contribution in [3.05, 3.63) is 88.8 Å². The Morgan fingerprint density at radius 1 is 0.956 bits per heavy atom. The molecule has 0 aliphatic heterocycles. The summed E-state index contributed by atoms with van der Waals surface area (Å²) >= 11 is 0.440. The van der Waals surface area contributed by atoms with Crippen LogP contribution >= 0.6 is 18.2 Å². The number of carbonyl (C=O) groups excluding carboxylic acids is 1. The lowest BCUT2D eigenvalue weighted by molar-refractivity contribution is -0.150. The maximum atomic E-state index is 14.0. The van der Waals surface area contributed by atoms with Gasteiger partial charge in [-0.1, -0.05) is 0 Å². The van der Waals surface area contributed by atoms with E-state index in [2.05, 4.69) is 9.97 Å². The number of hydrogen-bond donors (Lipinski definition) is 4. The van der Waals surface area contributed by atoms with Crippen LogP contribution in [-0.2, 0) is 31.8 Å². The minimum Gasteiger partial charge on any atom is -0.504 e. The molecule has 0 amide bonds. The summed E-state index contributed by atoms with van der Waals surface area (Å²) in [5.41, 5.74) is -3.47. The number of aliphatic hydroxyl groups excluding tert-OH is 1. The van der Waals surface area contributed by atoms with Crippen molar-refractivity contribution in [1.82, 2.24) is 19.1 Å². The first kappa shape index (κ1) is 33.4. The zero-order valence-electron chi connectivity index (χ0n) is 24.6. The van der Waals surface area contributed by atoms with Crippen LogP contribution in [-0.4, -0.2) is 41.2 Å². The summed E-state index contributed by atoms with van der Waals surface area (Å²) < 4.78 is 43.2. The van der Waals surface area contributed by atoms with Crippen LogP contribution in [0.5, 0.6) is 11.5 Å². The van der Waals surface area contributed by atoms with Gasteiger partial charge in [0.05, 0.1) is 5.41 Å². The number of aromatic amines is 2. The van der Waals surface area contributed by atoms with Gasteiger partial charge in [-0.15, -0.1) is 0 Å². The average molecular weight is 669 g/mol. The average Bonchev–Trinajstić information content (AvgIpc) is 3.53. The van der Waals surface area contributed by atoms with Gasteiger partial charge in [-0.3, -0.25) is 28.9 Å². The summed E-state index contributed by atoms with van der Waals surface area (Å²) in [5, 5.41) is 20.3. The standard InChI is InChI=1S/C26H29N4O13PS/c1-13-8-29(24(36)27-21(13)33)19-6-15(32)18(42-19)11-40-44(38,45-12-39-23(35)26(3,4)5)43-16-7-20(41-17(16)10-31)30-9-14(2)22(34)28-25(30)37/h6-9,31-32H,10-12H2,1-5H3,(H,27,33,36)(H,28,34,37). The molecule has 0 saturated heterocycles. The molecular formula is C26H29N4O13PS. The SMILES string of the molecule is Cc1cn(-c2cc(O)c(COP(=O)(Oc3cc(-n4cc(C)c(=O)[nH]c4=O)oc3CO)SCOC(=O)C(C)(C)C)o2)c(=O)[nH]c1=O. The molecule has 0 bridgehead atoms. The molecule has 0 aliphatic carbocycles. The quantitative estimate of drug-likeness (QED) is 0.102. The Labute approximate surface area is 256 Å². The number of rotatable bonds is 11. The number of aromatic nitrogens is 4. The highest BCUT2D eigenvalue weighted by Gasteiger charge is 2.33. The minimum atomic E-state index is -4.43. The highest BCUT2D eigenvalue weighted by atomic mass is 32.7. The van der Waals surface area contributed by atoms with Gasteiger partial charge in [0.25, 0.3) is 11.1 Å². The molecule has 4 aromatic rings. The molecule has 4 rings (SSSR count). The summed E-state index contributed by atoms with van der Waals surface area (Å²) in [6.07, 6.45) is 2.38. The summed E-state index contributed by atoms with van der Waals surface area (Å²) in [7, 11) is 0. The predicted octanol–water partition coefficient (Wildman–Crippen LogP) is 2.35. The summed E-state index contributed by atoms with van der Waals surface area (Å²) in [4.78, 5) is 64.6.